The first-order valence-electron chi connectivity index (χ1n) is 5.16. The van der Waals surface area contributed by atoms with Gasteiger partial charge in [0.1, 0.15) is 0 Å². The molecule has 3 heteroatoms. The number of nitrogens with one attached hydrogen (secondary N) is 1. The quantitative estimate of drug-likeness (QED) is 0.838. The van der Waals surface area contributed by atoms with Crippen molar-refractivity contribution < 1.29 is 4.42 Å². The van der Waals surface area contributed by atoms with Crippen LogP contribution in [0.25, 0.3) is 0 Å². The minimum Gasteiger partial charge on any atom is -0.472 e. The highest BCUT2D eigenvalue weighted by Gasteiger charge is 2.12. The summed E-state index contributed by atoms with van der Waals surface area (Å²) in [5.41, 5.74) is 2.61. The molecule has 2 rings (SSSR count). The molecule has 0 amide bonds. The summed E-state index contributed by atoms with van der Waals surface area (Å²) in [6, 6.07) is 4.57. The highest BCUT2D eigenvalue weighted by atomic mass is 32.1. The van der Waals surface area contributed by atoms with Crippen LogP contribution in [0.4, 0.5) is 0 Å². The number of thiophene rings is 1. The first-order valence-corrected chi connectivity index (χ1v) is 6.11. The Hall–Kier alpha value is -1.06. The number of furan rings is 1. The van der Waals surface area contributed by atoms with Crippen LogP contribution in [0.15, 0.2) is 39.8 Å². The third-order valence-corrected chi connectivity index (χ3v) is 3.15. The molecule has 0 bridgehead atoms. The van der Waals surface area contributed by atoms with Gasteiger partial charge in [-0.15, -0.1) is 0 Å². The average molecular weight is 221 g/mol. The smallest absolute Gasteiger partial charge is 0.0950 e. The maximum absolute atomic E-state index is 5.12. The molecule has 2 aromatic rings. The molecule has 2 heterocycles. The number of rotatable bonds is 5. The summed E-state index contributed by atoms with van der Waals surface area (Å²) in [6.45, 7) is 3.10. The van der Waals surface area contributed by atoms with E-state index in [2.05, 4.69) is 29.1 Å². The van der Waals surface area contributed by atoms with Gasteiger partial charge in [0.2, 0.25) is 0 Å². The molecule has 0 saturated heterocycles. The second kappa shape index (κ2) is 5.14. The molecule has 15 heavy (non-hydrogen) atoms. The number of likely N-dealkylation sites (N-methyl/N-ethyl adjacent to an activating group) is 1. The molecular weight excluding hydrogens is 206 g/mol. The largest absolute Gasteiger partial charge is 0.472 e. The Balaban J connectivity index is 2.07. The number of hydrogen-bond acceptors (Lipinski definition) is 3. The van der Waals surface area contributed by atoms with Gasteiger partial charge in [0.05, 0.1) is 12.5 Å². The van der Waals surface area contributed by atoms with Gasteiger partial charge in [-0.1, -0.05) is 6.92 Å². The molecule has 80 valence electrons. The van der Waals surface area contributed by atoms with E-state index in [1.807, 2.05) is 12.3 Å². The second-order valence-corrected chi connectivity index (χ2v) is 4.28. The molecule has 2 nitrogen and oxygen atoms in total. The van der Waals surface area contributed by atoms with Crippen LogP contribution >= 0.6 is 11.3 Å². The molecule has 0 fully saturated rings. The minimum absolute atomic E-state index is 0.364. The van der Waals surface area contributed by atoms with E-state index in [9.17, 15) is 0 Å². The normalized spacial score (nSPS) is 12.9. The Bertz CT molecular complexity index is 366. The molecule has 1 N–H and O–H groups in total. The van der Waals surface area contributed by atoms with Gasteiger partial charge >= 0.3 is 0 Å². The van der Waals surface area contributed by atoms with Crippen molar-refractivity contribution in [3.63, 3.8) is 0 Å². The summed E-state index contributed by atoms with van der Waals surface area (Å²) in [5.74, 6) is 0. The fourth-order valence-corrected chi connectivity index (χ4v) is 2.35. The molecule has 1 unspecified atom stereocenters. The Kier molecular flexibility index (Phi) is 3.59. The van der Waals surface area contributed by atoms with Gasteiger partial charge in [0.15, 0.2) is 0 Å². The van der Waals surface area contributed by atoms with Gasteiger partial charge in [0, 0.05) is 11.6 Å². The highest BCUT2D eigenvalue weighted by molar-refractivity contribution is 7.07. The first kappa shape index (κ1) is 10.5. The predicted octanol–water partition coefficient (Wildman–Crippen LogP) is 3.23. The summed E-state index contributed by atoms with van der Waals surface area (Å²) < 4.78 is 5.12. The fraction of sp³-hybridized carbons (Fsp3) is 0.333. The van der Waals surface area contributed by atoms with Crippen LogP contribution in [0, 0.1) is 0 Å². The van der Waals surface area contributed by atoms with E-state index in [4.69, 9.17) is 4.42 Å². The van der Waals surface area contributed by atoms with Crippen LogP contribution in [0.1, 0.15) is 24.1 Å². The SMILES string of the molecule is CCNC(Cc1ccsc1)c1ccoc1. The van der Waals surface area contributed by atoms with Gasteiger partial charge in [-0.3, -0.25) is 0 Å². The molecule has 0 aliphatic rings. The molecule has 0 aliphatic heterocycles. The molecule has 0 saturated carbocycles. The summed E-state index contributed by atoms with van der Waals surface area (Å²) in [7, 11) is 0. The fourth-order valence-electron chi connectivity index (χ4n) is 1.67. The van der Waals surface area contributed by atoms with Gasteiger partial charge in [-0.05, 0) is 41.4 Å². The van der Waals surface area contributed by atoms with Crippen molar-refractivity contribution in [1.82, 2.24) is 5.32 Å². The Labute approximate surface area is 93.9 Å². The lowest BCUT2D eigenvalue weighted by Crippen LogP contribution is -2.22. The molecule has 1 atom stereocenters. The third kappa shape index (κ3) is 2.70. The molecule has 0 aliphatic carbocycles. The molecule has 0 spiro atoms. The standard InChI is InChI=1S/C12H15NOS/c1-2-13-12(11-3-5-14-8-11)7-10-4-6-15-9-10/h3-6,8-9,12-13H,2,7H2,1H3. The Morgan fingerprint density at radius 1 is 1.47 bits per heavy atom. The topological polar surface area (TPSA) is 25.2 Å². The van der Waals surface area contributed by atoms with E-state index in [0.717, 1.165) is 13.0 Å². The van der Waals surface area contributed by atoms with Crippen molar-refractivity contribution >= 4 is 11.3 Å². The summed E-state index contributed by atoms with van der Waals surface area (Å²) in [4.78, 5) is 0. The van der Waals surface area contributed by atoms with Crippen LogP contribution in [0.2, 0.25) is 0 Å². The predicted molar refractivity (Wildman–Crippen MR) is 63.1 cm³/mol. The third-order valence-electron chi connectivity index (χ3n) is 2.42. The van der Waals surface area contributed by atoms with Crippen molar-refractivity contribution in [1.29, 1.82) is 0 Å². The van der Waals surface area contributed by atoms with E-state index in [1.165, 1.54) is 11.1 Å². The summed E-state index contributed by atoms with van der Waals surface area (Å²) >= 11 is 1.75. The van der Waals surface area contributed by atoms with Crippen LogP contribution in [0.5, 0.6) is 0 Å². The van der Waals surface area contributed by atoms with Crippen molar-refractivity contribution in [2.75, 3.05) is 6.54 Å². The monoisotopic (exact) mass is 221 g/mol. The maximum Gasteiger partial charge on any atom is 0.0950 e. The van der Waals surface area contributed by atoms with Crippen molar-refractivity contribution in [2.24, 2.45) is 0 Å². The zero-order valence-electron chi connectivity index (χ0n) is 8.77. The second-order valence-electron chi connectivity index (χ2n) is 3.50. The van der Waals surface area contributed by atoms with Crippen LogP contribution < -0.4 is 5.32 Å². The van der Waals surface area contributed by atoms with E-state index in [0.29, 0.717) is 6.04 Å². The molecule has 2 aromatic heterocycles. The first-order chi connectivity index (χ1) is 7.40. The van der Waals surface area contributed by atoms with Gasteiger partial charge in [-0.2, -0.15) is 11.3 Å². The van der Waals surface area contributed by atoms with Crippen LogP contribution in [-0.4, -0.2) is 6.54 Å². The average Bonchev–Trinajstić information content (AvgIpc) is 2.89. The van der Waals surface area contributed by atoms with Crippen LogP contribution in [0.3, 0.4) is 0 Å². The van der Waals surface area contributed by atoms with E-state index in [1.54, 1.807) is 17.6 Å². The molecular formula is C12H15NOS. The van der Waals surface area contributed by atoms with Crippen LogP contribution in [-0.2, 0) is 6.42 Å². The maximum atomic E-state index is 5.12. The molecule has 0 radical (unpaired) electrons. The summed E-state index contributed by atoms with van der Waals surface area (Å²) in [5, 5.41) is 7.79. The van der Waals surface area contributed by atoms with E-state index < -0.39 is 0 Å². The van der Waals surface area contributed by atoms with Gasteiger partial charge < -0.3 is 9.73 Å². The Morgan fingerprint density at radius 3 is 3.00 bits per heavy atom. The van der Waals surface area contributed by atoms with Gasteiger partial charge in [-0.25, -0.2) is 0 Å². The number of hydrogen-bond donors (Lipinski definition) is 1. The summed E-state index contributed by atoms with van der Waals surface area (Å²) in [6.07, 6.45) is 4.57. The lowest BCUT2D eigenvalue weighted by atomic mass is 10.0. The zero-order chi connectivity index (χ0) is 10.5. The zero-order valence-corrected chi connectivity index (χ0v) is 9.59. The Morgan fingerprint density at radius 2 is 2.40 bits per heavy atom. The lowest BCUT2D eigenvalue weighted by molar-refractivity contribution is 0.525. The minimum atomic E-state index is 0.364. The van der Waals surface area contributed by atoms with Crippen molar-refractivity contribution in [3.05, 3.63) is 46.5 Å². The van der Waals surface area contributed by atoms with Crippen molar-refractivity contribution in [2.45, 2.75) is 19.4 Å². The van der Waals surface area contributed by atoms with E-state index >= 15 is 0 Å². The van der Waals surface area contributed by atoms with Gasteiger partial charge in [0.25, 0.3) is 0 Å². The van der Waals surface area contributed by atoms with E-state index in [-0.39, 0.29) is 0 Å². The van der Waals surface area contributed by atoms with Crippen molar-refractivity contribution in [3.8, 4) is 0 Å². The molecule has 0 aromatic carbocycles. The lowest BCUT2D eigenvalue weighted by Gasteiger charge is -2.15. The highest BCUT2D eigenvalue weighted by Crippen LogP contribution is 2.20.